The summed E-state index contributed by atoms with van der Waals surface area (Å²) in [5, 5.41) is 13.9. The highest BCUT2D eigenvalue weighted by atomic mass is 32.1. The number of rotatable bonds is 9. The molecule has 0 atom stereocenters. The molecule has 9 nitrogen and oxygen atoms in total. The largest absolute Gasteiger partial charge is 0.464 e. The summed E-state index contributed by atoms with van der Waals surface area (Å²) in [5.41, 5.74) is 0.808. The van der Waals surface area contributed by atoms with Crippen molar-refractivity contribution in [1.29, 1.82) is 0 Å². The molecule has 0 bridgehead atoms. The van der Waals surface area contributed by atoms with Gasteiger partial charge in [-0.25, -0.2) is 9.59 Å². The van der Waals surface area contributed by atoms with Gasteiger partial charge in [0, 0.05) is 23.8 Å². The first-order chi connectivity index (χ1) is 12.5. The lowest BCUT2D eigenvalue weighted by molar-refractivity contribution is -0.159. The van der Waals surface area contributed by atoms with E-state index in [1.165, 1.54) is 11.3 Å². The molecule has 0 radical (unpaired) electrons. The quantitative estimate of drug-likeness (QED) is 0.510. The third-order valence-electron chi connectivity index (χ3n) is 3.15. The molecule has 1 amide bonds. The molecule has 0 aliphatic rings. The summed E-state index contributed by atoms with van der Waals surface area (Å²) in [5.74, 6) is -1.61. The molecule has 0 saturated carbocycles. The Morgan fingerprint density at radius 2 is 1.88 bits per heavy atom. The molecule has 1 N–H and O–H groups in total. The summed E-state index contributed by atoms with van der Waals surface area (Å²) < 4.78 is 15.0. The van der Waals surface area contributed by atoms with Crippen LogP contribution in [-0.2, 0) is 30.3 Å². The number of ether oxygens (including phenoxy) is 2. The van der Waals surface area contributed by atoms with E-state index >= 15 is 0 Å². The number of thiophene rings is 1. The average molecular weight is 381 g/mol. The van der Waals surface area contributed by atoms with Crippen LogP contribution >= 0.6 is 11.3 Å². The normalized spacial score (nSPS) is 10.6. The Hall–Kier alpha value is -2.75. The van der Waals surface area contributed by atoms with Crippen LogP contribution in [0.25, 0.3) is 11.5 Å². The van der Waals surface area contributed by atoms with Gasteiger partial charge in [0.15, 0.2) is 0 Å². The van der Waals surface area contributed by atoms with Crippen LogP contribution in [0.15, 0.2) is 21.2 Å². The lowest BCUT2D eigenvalue weighted by Crippen LogP contribution is -2.48. The van der Waals surface area contributed by atoms with Gasteiger partial charge >= 0.3 is 11.9 Å². The van der Waals surface area contributed by atoms with Gasteiger partial charge in [0.2, 0.25) is 23.7 Å². The molecule has 2 rings (SSSR count). The van der Waals surface area contributed by atoms with Gasteiger partial charge < -0.3 is 19.2 Å². The minimum Gasteiger partial charge on any atom is -0.464 e. The smallest absolute Gasteiger partial charge is 0.340 e. The van der Waals surface area contributed by atoms with Gasteiger partial charge in [-0.2, -0.15) is 11.3 Å². The van der Waals surface area contributed by atoms with Crippen molar-refractivity contribution in [3.8, 4) is 11.5 Å². The zero-order valence-corrected chi connectivity index (χ0v) is 15.2. The maximum atomic E-state index is 12.1. The van der Waals surface area contributed by atoms with Crippen LogP contribution in [0.4, 0.5) is 0 Å². The molecule has 0 aliphatic heterocycles. The Balaban J connectivity index is 1.91. The van der Waals surface area contributed by atoms with Crippen LogP contribution in [0, 0.1) is 0 Å². The third-order valence-corrected chi connectivity index (χ3v) is 3.83. The lowest BCUT2D eigenvalue weighted by Gasteiger charge is -2.15. The van der Waals surface area contributed by atoms with Crippen molar-refractivity contribution < 1.29 is 28.3 Å². The van der Waals surface area contributed by atoms with E-state index in [0.29, 0.717) is 5.89 Å². The Morgan fingerprint density at radius 1 is 1.19 bits per heavy atom. The average Bonchev–Trinajstić information content (AvgIpc) is 3.29. The van der Waals surface area contributed by atoms with Crippen LogP contribution in [0.1, 0.15) is 26.2 Å². The van der Waals surface area contributed by atoms with E-state index in [-0.39, 0.29) is 31.9 Å². The number of aromatic nitrogens is 2. The van der Waals surface area contributed by atoms with Gasteiger partial charge in [-0.05, 0) is 25.3 Å². The highest BCUT2D eigenvalue weighted by molar-refractivity contribution is 7.08. The Bertz CT molecular complexity index is 725. The summed E-state index contributed by atoms with van der Waals surface area (Å²) in [6, 6.07) is 0.351. The standard InChI is InChI=1S/C16H19N3O6S/c1-3-23-15(21)13(16(22)24-4-2)17-11(20)5-6-12-18-19-14(25-12)10-7-8-26-9-10/h7-9,13H,3-6H2,1-2H3,(H,17,20). The minimum absolute atomic E-state index is 0.0411. The number of hydrogen-bond donors (Lipinski definition) is 1. The summed E-state index contributed by atoms with van der Waals surface area (Å²) in [7, 11) is 0. The second-order valence-corrected chi connectivity index (χ2v) is 5.80. The van der Waals surface area contributed by atoms with Gasteiger partial charge in [0.05, 0.1) is 13.2 Å². The Morgan fingerprint density at radius 3 is 2.46 bits per heavy atom. The molecule has 0 aromatic carbocycles. The second kappa shape index (κ2) is 9.66. The molecule has 0 saturated heterocycles. The SMILES string of the molecule is CCOC(=O)C(NC(=O)CCc1nnc(-c2ccsc2)o1)C(=O)OCC. The van der Waals surface area contributed by atoms with Crippen molar-refractivity contribution in [2.45, 2.75) is 32.7 Å². The van der Waals surface area contributed by atoms with Gasteiger partial charge in [0.1, 0.15) is 0 Å². The first-order valence-corrected chi connectivity index (χ1v) is 8.97. The predicted molar refractivity (Wildman–Crippen MR) is 91.1 cm³/mol. The molecule has 2 aromatic rings. The maximum absolute atomic E-state index is 12.1. The Labute approximate surface area is 153 Å². The summed E-state index contributed by atoms with van der Waals surface area (Å²) in [4.78, 5) is 35.7. The third kappa shape index (κ3) is 5.38. The van der Waals surface area contributed by atoms with E-state index in [9.17, 15) is 14.4 Å². The number of aryl methyl sites for hydroxylation is 1. The molecule has 0 fully saturated rings. The molecule has 26 heavy (non-hydrogen) atoms. The number of esters is 2. The molecular weight excluding hydrogens is 362 g/mol. The van der Waals surface area contributed by atoms with Crippen LogP contribution in [-0.4, -0.2) is 47.3 Å². The van der Waals surface area contributed by atoms with Crippen molar-refractivity contribution >= 4 is 29.2 Å². The zero-order valence-electron chi connectivity index (χ0n) is 14.4. The number of carbonyl (C=O) groups excluding carboxylic acids is 3. The number of nitrogens with zero attached hydrogens (tertiary/aromatic N) is 2. The van der Waals surface area contributed by atoms with Crippen molar-refractivity contribution in [3.63, 3.8) is 0 Å². The van der Waals surface area contributed by atoms with Gasteiger partial charge in [0.25, 0.3) is 0 Å². The summed E-state index contributed by atoms with van der Waals surface area (Å²) >= 11 is 1.50. The highest BCUT2D eigenvalue weighted by Crippen LogP contribution is 2.20. The first kappa shape index (κ1) is 19.6. The number of hydrogen-bond acceptors (Lipinski definition) is 9. The fourth-order valence-electron chi connectivity index (χ4n) is 1.98. The Kier molecular flexibility index (Phi) is 7.27. The minimum atomic E-state index is -1.49. The van der Waals surface area contributed by atoms with E-state index in [4.69, 9.17) is 13.9 Å². The van der Waals surface area contributed by atoms with E-state index in [1.54, 1.807) is 13.8 Å². The highest BCUT2D eigenvalue weighted by Gasteiger charge is 2.31. The lowest BCUT2D eigenvalue weighted by atomic mass is 10.2. The number of carbonyl (C=O) groups is 3. The van der Waals surface area contributed by atoms with Crippen LogP contribution in [0.3, 0.4) is 0 Å². The second-order valence-electron chi connectivity index (χ2n) is 5.02. The topological polar surface area (TPSA) is 121 Å². The van der Waals surface area contributed by atoms with Crippen molar-refractivity contribution in [2.24, 2.45) is 0 Å². The molecule has 10 heteroatoms. The van der Waals surface area contributed by atoms with E-state index in [2.05, 4.69) is 15.5 Å². The molecule has 2 heterocycles. The summed E-state index contributed by atoms with van der Waals surface area (Å²) in [6.45, 7) is 3.36. The van der Waals surface area contributed by atoms with Gasteiger partial charge in [-0.3, -0.25) is 4.79 Å². The monoisotopic (exact) mass is 381 g/mol. The zero-order chi connectivity index (χ0) is 18.9. The fraction of sp³-hybridized carbons (Fsp3) is 0.438. The van der Waals surface area contributed by atoms with Crippen LogP contribution in [0.5, 0.6) is 0 Å². The predicted octanol–water partition coefficient (Wildman–Crippen LogP) is 1.34. The molecule has 0 unspecified atom stereocenters. The maximum Gasteiger partial charge on any atom is 0.340 e. The molecule has 140 valence electrons. The first-order valence-electron chi connectivity index (χ1n) is 8.02. The number of amides is 1. The van der Waals surface area contributed by atoms with Crippen LogP contribution < -0.4 is 5.32 Å². The van der Waals surface area contributed by atoms with Gasteiger partial charge in [-0.1, -0.05) is 0 Å². The van der Waals surface area contributed by atoms with E-state index < -0.39 is 23.9 Å². The number of nitrogens with one attached hydrogen (secondary N) is 1. The molecule has 0 spiro atoms. The fourth-order valence-corrected chi connectivity index (χ4v) is 2.61. The van der Waals surface area contributed by atoms with Crippen molar-refractivity contribution in [1.82, 2.24) is 15.5 Å². The van der Waals surface area contributed by atoms with Gasteiger partial charge in [-0.15, -0.1) is 10.2 Å². The molecule has 0 aliphatic carbocycles. The van der Waals surface area contributed by atoms with Crippen molar-refractivity contribution in [2.75, 3.05) is 13.2 Å². The van der Waals surface area contributed by atoms with E-state index in [0.717, 1.165) is 5.56 Å². The molecular formula is C16H19N3O6S. The van der Waals surface area contributed by atoms with E-state index in [1.807, 2.05) is 16.8 Å². The van der Waals surface area contributed by atoms with Crippen LogP contribution in [0.2, 0.25) is 0 Å². The molecule has 2 aromatic heterocycles. The van der Waals surface area contributed by atoms with Crippen molar-refractivity contribution in [3.05, 3.63) is 22.7 Å². The summed E-state index contributed by atoms with van der Waals surface area (Å²) in [6.07, 6.45) is 0.127.